The van der Waals surface area contributed by atoms with Crippen molar-refractivity contribution in [2.45, 2.75) is 44.3 Å². The predicted octanol–water partition coefficient (Wildman–Crippen LogP) is 2.63. The molecule has 0 radical (unpaired) electrons. The molecule has 1 aromatic rings. The average Bonchev–Trinajstić information content (AvgIpc) is 3.01. The third kappa shape index (κ3) is 4.25. The summed E-state index contributed by atoms with van der Waals surface area (Å²) in [6.45, 7) is 3.25. The summed E-state index contributed by atoms with van der Waals surface area (Å²) in [4.78, 5) is 6.98. The Labute approximate surface area is 138 Å². The van der Waals surface area contributed by atoms with Gasteiger partial charge in [0, 0.05) is 25.7 Å². The molecule has 1 aliphatic carbocycles. The molecular weight excluding hydrogens is 319 g/mol. The summed E-state index contributed by atoms with van der Waals surface area (Å²) in [7, 11) is 1.99. The summed E-state index contributed by atoms with van der Waals surface area (Å²) in [5.41, 5.74) is 0. The van der Waals surface area contributed by atoms with Crippen LogP contribution in [-0.4, -0.2) is 39.6 Å². The van der Waals surface area contributed by atoms with E-state index in [4.69, 9.17) is 11.6 Å². The molecule has 1 aliphatic heterocycles. The van der Waals surface area contributed by atoms with Crippen LogP contribution >= 0.6 is 36.4 Å². The van der Waals surface area contributed by atoms with Gasteiger partial charge in [0.05, 0.1) is 12.7 Å². The minimum Gasteiger partial charge on any atom is -0.321 e. The smallest absolute Gasteiger partial charge is 0.128 e. The summed E-state index contributed by atoms with van der Waals surface area (Å²) < 4.78 is 1.99. The normalized spacial score (nSPS) is 21.6. The highest BCUT2D eigenvalue weighted by Crippen LogP contribution is 2.29. The summed E-state index contributed by atoms with van der Waals surface area (Å²) in [5.74, 6) is 1.07. The highest BCUT2D eigenvalue weighted by atomic mass is 35.5. The van der Waals surface area contributed by atoms with E-state index in [1.807, 2.05) is 11.6 Å². The molecular formula is C13H23Cl3N4. The van der Waals surface area contributed by atoms with E-state index in [1.54, 1.807) is 6.20 Å². The number of nitrogens with one attached hydrogen (secondary N) is 1. The zero-order valence-corrected chi connectivity index (χ0v) is 14.1. The first-order valence-corrected chi connectivity index (χ1v) is 7.25. The number of imidazole rings is 1. The van der Waals surface area contributed by atoms with E-state index in [1.165, 1.54) is 32.2 Å². The Morgan fingerprint density at radius 2 is 2.15 bits per heavy atom. The maximum Gasteiger partial charge on any atom is 0.128 e. The Morgan fingerprint density at radius 3 is 2.65 bits per heavy atom. The average molecular weight is 342 g/mol. The Kier molecular flexibility index (Phi) is 7.09. The number of rotatable bonds is 5. The molecule has 1 N–H and O–H groups in total. The van der Waals surface area contributed by atoms with Crippen LogP contribution in [0.2, 0.25) is 5.15 Å². The minimum atomic E-state index is 0. The summed E-state index contributed by atoms with van der Waals surface area (Å²) >= 11 is 6.05. The van der Waals surface area contributed by atoms with Crippen molar-refractivity contribution in [2.75, 3.05) is 13.1 Å². The van der Waals surface area contributed by atoms with E-state index in [-0.39, 0.29) is 24.8 Å². The van der Waals surface area contributed by atoms with Gasteiger partial charge >= 0.3 is 0 Å². The Balaban J connectivity index is 0.000001000. The predicted molar refractivity (Wildman–Crippen MR) is 87.2 cm³/mol. The largest absolute Gasteiger partial charge is 0.321 e. The van der Waals surface area contributed by atoms with Crippen molar-refractivity contribution in [2.24, 2.45) is 7.05 Å². The minimum absolute atomic E-state index is 0. The molecule has 1 atom stereocenters. The van der Waals surface area contributed by atoms with Gasteiger partial charge in [0.15, 0.2) is 0 Å². The van der Waals surface area contributed by atoms with Gasteiger partial charge in [-0.3, -0.25) is 4.90 Å². The standard InChI is InChI=1S/C13H21ClN4.2ClH/c1-17-12(14)7-16-13(17)9-18(11-4-5-11)8-10-3-2-6-15-10;;/h7,10-11,15H,2-6,8-9H2,1H3;2*1H. The van der Waals surface area contributed by atoms with Crippen LogP contribution in [0.3, 0.4) is 0 Å². The molecule has 0 aromatic carbocycles. The molecule has 0 bridgehead atoms. The molecule has 7 heteroatoms. The van der Waals surface area contributed by atoms with E-state index in [0.29, 0.717) is 6.04 Å². The van der Waals surface area contributed by atoms with Crippen molar-refractivity contribution in [3.8, 4) is 0 Å². The van der Waals surface area contributed by atoms with Gasteiger partial charge in [-0.05, 0) is 32.2 Å². The Morgan fingerprint density at radius 1 is 1.40 bits per heavy atom. The molecule has 1 aromatic heterocycles. The summed E-state index contributed by atoms with van der Waals surface area (Å²) in [6, 6.07) is 1.43. The monoisotopic (exact) mass is 340 g/mol. The third-order valence-corrected chi connectivity index (χ3v) is 4.40. The molecule has 4 nitrogen and oxygen atoms in total. The molecule has 1 unspecified atom stereocenters. The first-order valence-electron chi connectivity index (χ1n) is 6.87. The SMILES string of the molecule is Cl.Cl.Cn1c(Cl)cnc1CN(CC1CCCN1)C1CC1. The van der Waals surface area contributed by atoms with E-state index >= 15 is 0 Å². The lowest BCUT2D eigenvalue weighted by Gasteiger charge is -2.25. The summed E-state index contributed by atoms with van der Waals surface area (Å²) in [6.07, 6.45) is 7.05. The topological polar surface area (TPSA) is 33.1 Å². The number of hydrogen-bond donors (Lipinski definition) is 1. The van der Waals surface area contributed by atoms with Crippen LogP contribution < -0.4 is 5.32 Å². The van der Waals surface area contributed by atoms with Crippen LogP contribution in [0.5, 0.6) is 0 Å². The van der Waals surface area contributed by atoms with Crippen molar-refractivity contribution < 1.29 is 0 Å². The second-order valence-corrected chi connectivity index (χ2v) is 5.90. The molecule has 1 saturated carbocycles. The lowest BCUT2D eigenvalue weighted by atomic mass is 10.2. The molecule has 1 saturated heterocycles. The van der Waals surface area contributed by atoms with E-state index in [0.717, 1.165) is 30.1 Å². The molecule has 2 fully saturated rings. The van der Waals surface area contributed by atoms with Crippen LogP contribution in [-0.2, 0) is 13.6 Å². The van der Waals surface area contributed by atoms with Gasteiger partial charge in [-0.1, -0.05) is 11.6 Å². The maximum atomic E-state index is 6.05. The molecule has 20 heavy (non-hydrogen) atoms. The molecule has 2 aliphatic rings. The van der Waals surface area contributed by atoms with E-state index in [2.05, 4.69) is 15.2 Å². The second kappa shape index (κ2) is 7.85. The fourth-order valence-electron chi connectivity index (χ4n) is 2.73. The Bertz CT molecular complexity index is 414. The first kappa shape index (κ1) is 18.1. The van der Waals surface area contributed by atoms with Gasteiger partial charge in [-0.25, -0.2) is 4.98 Å². The van der Waals surface area contributed by atoms with Crippen LogP contribution in [0.4, 0.5) is 0 Å². The molecule has 2 heterocycles. The molecule has 0 spiro atoms. The number of halogens is 3. The molecule has 116 valence electrons. The van der Waals surface area contributed by atoms with Gasteiger partial charge in [-0.15, -0.1) is 24.8 Å². The van der Waals surface area contributed by atoms with Crippen LogP contribution in [0.25, 0.3) is 0 Å². The van der Waals surface area contributed by atoms with Crippen molar-refractivity contribution in [3.05, 3.63) is 17.2 Å². The highest BCUT2D eigenvalue weighted by molar-refractivity contribution is 6.29. The molecule has 0 amide bonds. The first-order chi connectivity index (χ1) is 8.74. The van der Waals surface area contributed by atoms with Gasteiger partial charge in [0.25, 0.3) is 0 Å². The zero-order chi connectivity index (χ0) is 12.5. The van der Waals surface area contributed by atoms with Crippen molar-refractivity contribution in [1.82, 2.24) is 19.8 Å². The van der Waals surface area contributed by atoms with Gasteiger partial charge < -0.3 is 9.88 Å². The third-order valence-electron chi connectivity index (χ3n) is 4.05. The lowest BCUT2D eigenvalue weighted by Crippen LogP contribution is -2.38. The fourth-order valence-corrected chi connectivity index (χ4v) is 2.88. The highest BCUT2D eigenvalue weighted by Gasteiger charge is 2.32. The van der Waals surface area contributed by atoms with E-state index < -0.39 is 0 Å². The van der Waals surface area contributed by atoms with Crippen molar-refractivity contribution >= 4 is 36.4 Å². The summed E-state index contributed by atoms with van der Waals surface area (Å²) in [5, 5.41) is 4.30. The Hall–Kier alpha value is -0.0000000000000000971. The fraction of sp³-hybridized carbons (Fsp3) is 0.769. The number of nitrogens with zero attached hydrogens (tertiary/aromatic N) is 3. The van der Waals surface area contributed by atoms with Crippen molar-refractivity contribution in [1.29, 1.82) is 0 Å². The van der Waals surface area contributed by atoms with Gasteiger partial charge in [0.2, 0.25) is 0 Å². The van der Waals surface area contributed by atoms with Gasteiger partial charge in [0.1, 0.15) is 11.0 Å². The molecule has 3 rings (SSSR count). The van der Waals surface area contributed by atoms with Gasteiger partial charge in [-0.2, -0.15) is 0 Å². The van der Waals surface area contributed by atoms with Crippen molar-refractivity contribution in [3.63, 3.8) is 0 Å². The quantitative estimate of drug-likeness (QED) is 0.894. The number of hydrogen-bond acceptors (Lipinski definition) is 3. The van der Waals surface area contributed by atoms with Crippen LogP contribution in [0.15, 0.2) is 6.20 Å². The van der Waals surface area contributed by atoms with Crippen LogP contribution in [0, 0.1) is 0 Å². The number of aromatic nitrogens is 2. The second-order valence-electron chi connectivity index (χ2n) is 5.51. The van der Waals surface area contributed by atoms with E-state index in [9.17, 15) is 0 Å². The zero-order valence-electron chi connectivity index (χ0n) is 11.7. The van der Waals surface area contributed by atoms with Crippen LogP contribution in [0.1, 0.15) is 31.5 Å². The lowest BCUT2D eigenvalue weighted by molar-refractivity contribution is 0.224. The maximum absolute atomic E-state index is 6.05.